The Labute approximate surface area is 137 Å². The topological polar surface area (TPSA) is 82.1 Å². The summed E-state index contributed by atoms with van der Waals surface area (Å²) in [5.41, 5.74) is 0.662. The number of carbonyl (C=O) groups is 2. The van der Waals surface area contributed by atoms with Crippen LogP contribution in [0.5, 0.6) is 5.75 Å². The van der Waals surface area contributed by atoms with E-state index in [0.717, 1.165) is 4.47 Å². The first-order valence-corrected chi connectivity index (χ1v) is 7.72. The first-order chi connectivity index (χ1) is 10.5. The molecule has 0 aliphatic heterocycles. The van der Waals surface area contributed by atoms with Gasteiger partial charge in [0.2, 0.25) is 0 Å². The lowest BCUT2D eigenvalue weighted by Crippen LogP contribution is -2.38. The largest absolute Gasteiger partial charge is 0.467 e. The van der Waals surface area contributed by atoms with Crippen molar-refractivity contribution in [3.63, 3.8) is 0 Å². The number of hydrogen-bond donors (Lipinski definition) is 1. The van der Waals surface area contributed by atoms with Gasteiger partial charge in [0, 0.05) is 11.1 Å². The molecule has 1 aromatic rings. The number of ether oxygens (including phenoxy) is 3. The summed E-state index contributed by atoms with van der Waals surface area (Å²) >= 11 is 3.32. The first-order valence-electron chi connectivity index (χ1n) is 6.92. The van der Waals surface area contributed by atoms with Crippen LogP contribution in [0.2, 0.25) is 0 Å². The van der Waals surface area contributed by atoms with Crippen molar-refractivity contribution in [3.05, 3.63) is 28.2 Å². The summed E-state index contributed by atoms with van der Waals surface area (Å²) in [5.74, 6) is -1.29. The van der Waals surface area contributed by atoms with E-state index < -0.39 is 18.0 Å². The van der Waals surface area contributed by atoms with Crippen molar-refractivity contribution >= 4 is 27.9 Å². The van der Waals surface area contributed by atoms with Crippen molar-refractivity contribution in [3.8, 4) is 5.75 Å². The molecule has 1 N–H and O–H groups in total. The number of rotatable bonds is 8. The molecule has 0 saturated carbocycles. The monoisotopic (exact) mass is 374 g/mol. The maximum Gasteiger partial charge on any atom is 0.359 e. The molecule has 6 nitrogen and oxygen atoms in total. The smallest absolute Gasteiger partial charge is 0.359 e. The molecule has 0 spiro atoms. The number of carbonyl (C=O) groups excluding carboxylic acids is 2. The molecule has 1 aromatic carbocycles. The van der Waals surface area contributed by atoms with Gasteiger partial charge in [-0.3, -0.25) is 0 Å². The van der Waals surface area contributed by atoms with E-state index in [1.54, 1.807) is 32.0 Å². The number of halogens is 1. The van der Waals surface area contributed by atoms with Crippen molar-refractivity contribution in [2.45, 2.75) is 26.4 Å². The number of esters is 2. The van der Waals surface area contributed by atoms with Gasteiger partial charge in [-0.2, -0.15) is 0 Å². The highest BCUT2D eigenvalue weighted by molar-refractivity contribution is 9.10. The summed E-state index contributed by atoms with van der Waals surface area (Å²) in [6.07, 6.45) is -1.16. The Morgan fingerprint density at radius 1 is 1.18 bits per heavy atom. The maximum atomic E-state index is 11.9. The molecule has 0 aromatic heterocycles. The van der Waals surface area contributed by atoms with Crippen LogP contribution in [-0.2, 0) is 25.5 Å². The van der Waals surface area contributed by atoms with Gasteiger partial charge in [0.05, 0.1) is 13.2 Å². The standard InChI is InChI=1S/C15H19BrO6/c1-3-20-14(18)13(15(19)21-4-2)22-12-6-5-11(16)9-10(12)7-8-17/h5-6,9,13,17H,3-4,7-8H2,1-2H3. The Balaban J connectivity index is 3.02. The third kappa shape index (κ3) is 5.31. The lowest BCUT2D eigenvalue weighted by atomic mass is 10.1. The fraction of sp³-hybridized carbons (Fsp3) is 0.467. The van der Waals surface area contributed by atoms with Gasteiger partial charge in [-0.25, -0.2) is 9.59 Å². The zero-order valence-electron chi connectivity index (χ0n) is 12.5. The van der Waals surface area contributed by atoms with Gasteiger partial charge in [-0.15, -0.1) is 0 Å². The molecule has 0 atom stereocenters. The van der Waals surface area contributed by atoms with Crippen molar-refractivity contribution in [2.24, 2.45) is 0 Å². The van der Waals surface area contributed by atoms with Gasteiger partial charge in [0.15, 0.2) is 0 Å². The van der Waals surface area contributed by atoms with Crippen LogP contribution in [0.4, 0.5) is 0 Å². The van der Waals surface area contributed by atoms with Crippen LogP contribution in [0.15, 0.2) is 22.7 Å². The Hall–Kier alpha value is -1.60. The summed E-state index contributed by atoms with van der Waals surface area (Å²) in [5, 5.41) is 9.10. The highest BCUT2D eigenvalue weighted by atomic mass is 79.9. The number of benzene rings is 1. The van der Waals surface area contributed by atoms with Crippen LogP contribution in [0.25, 0.3) is 0 Å². The summed E-state index contributed by atoms with van der Waals surface area (Å²) in [6, 6.07) is 5.07. The van der Waals surface area contributed by atoms with E-state index in [1.807, 2.05) is 0 Å². The predicted molar refractivity (Wildman–Crippen MR) is 82.6 cm³/mol. The van der Waals surface area contributed by atoms with Crippen LogP contribution in [0, 0.1) is 0 Å². The lowest BCUT2D eigenvalue weighted by molar-refractivity contribution is -0.166. The number of aliphatic hydroxyl groups is 1. The number of aliphatic hydroxyl groups excluding tert-OH is 1. The summed E-state index contributed by atoms with van der Waals surface area (Å²) in [6.45, 7) is 3.44. The Morgan fingerprint density at radius 3 is 2.27 bits per heavy atom. The van der Waals surface area contributed by atoms with Gasteiger partial charge in [0.25, 0.3) is 6.10 Å². The minimum absolute atomic E-state index is 0.0870. The molecule has 7 heteroatoms. The molecule has 22 heavy (non-hydrogen) atoms. The maximum absolute atomic E-state index is 11.9. The Kier molecular flexibility index (Phi) is 7.90. The highest BCUT2D eigenvalue weighted by Crippen LogP contribution is 2.25. The predicted octanol–water partition coefficient (Wildman–Crippen LogP) is 1.86. The first kappa shape index (κ1) is 18.4. The minimum Gasteiger partial charge on any atom is -0.467 e. The Bertz CT molecular complexity index is 499. The van der Waals surface area contributed by atoms with Crippen LogP contribution in [-0.4, -0.2) is 43.0 Å². The summed E-state index contributed by atoms with van der Waals surface area (Å²) < 4.78 is 16.0. The van der Waals surface area contributed by atoms with E-state index in [2.05, 4.69) is 15.9 Å². The van der Waals surface area contributed by atoms with Crippen molar-refractivity contribution in [1.82, 2.24) is 0 Å². The molecule has 0 bridgehead atoms. The molecular weight excluding hydrogens is 356 g/mol. The molecule has 122 valence electrons. The van der Waals surface area contributed by atoms with Gasteiger partial charge in [-0.1, -0.05) is 15.9 Å². The van der Waals surface area contributed by atoms with Crippen LogP contribution < -0.4 is 4.74 Å². The van der Waals surface area contributed by atoms with Gasteiger partial charge < -0.3 is 19.3 Å². The molecule has 0 fully saturated rings. The highest BCUT2D eigenvalue weighted by Gasteiger charge is 2.32. The van der Waals surface area contributed by atoms with E-state index in [1.165, 1.54) is 0 Å². The van der Waals surface area contributed by atoms with Crippen molar-refractivity contribution < 1.29 is 28.9 Å². The normalized spacial score (nSPS) is 10.4. The average molecular weight is 375 g/mol. The molecule has 0 aliphatic rings. The third-order valence-corrected chi connectivity index (χ3v) is 3.14. The fourth-order valence-electron chi connectivity index (χ4n) is 1.73. The van der Waals surface area contributed by atoms with Crippen LogP contribution in [0.1, 0.15) is 19.4 Å². The summed E-state index contributed by atoms with van der Waals surface area (Å²) in [7, 11) is 0. The molecule has 0 radical (unpaired) electrons. The fourth-order valence-corrected chi connectivity index (χ4v) is 2.14. The molecule has 0 heterocycles. The molecule has 1 rings (SSSR count). The van der Waals surface area contributed by atoms with Gasteiger partial charge in [-0.05, 0) is 44.0 Å². The molecular formula is C15H19BrO6. The van der Waals surface area contributed by atoms with Gasteiger partial charge >= 0.3 is 11.9 Å². The number of hydrogen-bond acceptors (Lipinski definition) is 6. The summed E-state index contributed by atoms with van der Waals surface area (Å²) in [4.78, 5) is 23.8. The second-order valence-electron chi connectivity index (χ2n) is 4.23. The van der Waals surface area contributed by atoms with E-state index in [4.69, 9.17) is 19.3 Å². The average Bonchev–Trinajstić information content (AvgIpc) is 2.47. The molecule has 0 amide bonds. The van der Waals surface area contributed by atoms with E-state index >= 15 is 0 Å². The SMILES string of the molecule is CCOC(=O)C(Oc1ccc(Br)cc1CCO)C(=O)OCC. The minimum atomic E-state index is -1.49. The Morgan fingerprint density at radius 2 is 1.77 bits per heavy atom. The third-order valence-electron chi connectivity index (χ3n) is 2.65. The van der Waals surface area contributed by atoms with E-state index in [9.17, 15) is 9.59 Å². The van der Waals surface area contributed by atoms with Crippen molar-refractivity contribution in [1.29, 1.82) is 0 Å². The zero-order valence-corrected chi connectivity index (χ0v) is 14.1. The van der Waals surface area contributed by atoms with Crippen LogP contribution >= 0.6 is 15.9 Å². The van der Waals surface area contributed by atoms with Crippen molar-refractivity contribution in [2.75, 3.05) is 19.8 Å². The second kappa shape index (κ2) is 9.42. The lowest BCUT2D eigenvalue weighted by Gasteiger charge is -2.18. The quantitative estimate of drug-likeness (QED) is 0.552. The van der Waals surface area contributed by atoms with Crippen LogP contribution in [0.3, 0.4) is 0 Å². The zero-order chi connectivity index (χ0) is 16.5. The molecule has 0 saturated heterocycles. The molecule has 0 aliphatic carbocycles. The van der Waals surface area contributed by atoms with Gasteiger partial charge in [0.1, 0.15) is 5.75 Å². The van der Waals surface area contributed by atoms with E-state index in [0.29, 0.717) is 17.7 Å². The second-order valence-corrected chi connectivity index (χ2v) is 5.14. The molecule has 0 unspecified atom stereocenters. The van der Waals surface area contributed by atoms with E-state index in [-0.39, 0.29) is 19.8 Å².